The summed E-state index contributed by atoms with van der Waals surface area (Å²) in [5, 5.41) is 15.1. The molecule has 0 aromatic heterocycles. The van der Waals surface area contributed by atoms with Gasteiger partial charge in [-0.25, -0.2) is 5.01 Å². The zero-order valence-electron chi connectivity index (χ0n) is 9.10. The maximum atomic E-state index is 11.3. The molecule has 0 fully saturated rings. The number of hydrogen-bond acceptors (Lipinski definition) is 4. The van der Waals surface area contributed by atoms with E-state index in [2.05, 4.69) is 5.10 Å². The van der Waals surface area contributed by atoms with Crippen LogP contribution in [0.4, 0.5) is 0 Å². The molecule has 0 saturated heterocycles. The van der Waals surface area contributed by atoms with E-state index in [0.717, 1.165) is 0 Å². The Hall–Kier alpha value is -2.04. The van der Waals surface area contributed by atoms with Gasteiger partial charge in [-0.3, -0.25) is 4.79 Å². The van der Waals surface area contributed by atoms with Crippen molar-refractivity contribution in [3.05, 3.63) is 23.8 Å². The Morgan fingerprint density at radius 2 is 2.25 bits per heavy atom. The van der Waals surface area contributed by atoms with Crippen molar-refractivity contribution in [2.75, 3.05) is 14.2 Å². The van der Waals surface area contributed by atoms with Crippen molar-refractivity contribution in [3.8, 4) is 11.5 Å². The van der Waals surface area contributed by atoms with Crippen LogP contribution in [0.1, 0.15) is 12.0 Å². The highest BCUT2D eigenvalue weighted by Crippen LogP contribution is 2.26. The predicted molar refractivity (Wildman–Crippen MR) is 58.6 cm³/mol. The van der Waals surface area contributed by atoms with E-state index in [0.29, 0.717) is 17.0 Å². The smallest absolute Gasteiger partial charge is 0.248 e. The molecule has 0 atom stereocenters. The van der Waals surface area contributed by atoms with Gasteiger partial charge in [0.05, 0.1) is 19.2 Å². The number of ether oxygens (including phenoxy) is 1. The van der Waals surface area contributed by atoms with Crippen molar-refractivity contribution in [1.82, 2.24) is 5.01 Å². The third kappa shape index (κ3) is 1.71. The highest BCUT2D eigenvalue weighted by molar-refractivity contribution is 6.14. The van der Waals surface area contributed by atoms with Crippen molar-refractivity contribution >= 4 is 11.6 Å². The van der Waals surface area contributed by atoms with Gasteiger partial charge in [-0.2, -0.15) is 5.10 Å². The van der Waals surface area contributed by atoms with Gasteiger partial charge in [0.25, 0.3) is 0 Å². The van der Waals surface area contributed by atoms with Crippen LogP contribution in [0.3, 0.4) is 0 Å². The lowest BCUT2D eigenvalue weighted by atomic mass is 10.1. The molecule has 1 aromatic rings. The zero-order chi connectivity index (χ0) is 11.7. The molecule has 1 N–H and O–H groups in total. The first-order chi connectivity index (χ1) is 7.61. The number of aromatic hydroxyl groups is 1. The SMILES string of the molecule is COc1ccc(C2=NN(C)C(=O)C2)c(O)c1. The van der Waals surface area contributed by atoms with Crippen LogP contribution in [-0.2, 0) is 4.79 Å². The number of carbonyl (C=O) groups is 1. The van der Waals surface area contributed by atoms with E-state index < -0.39 is 0 Å². The second-order valence-electron chi connectivity index (χ2n) is 3.52. The van der Waals surface area contributed by atoms with Crippen molar-refractivity contribution in [2.45, 2.75) is 6.42 Å². The summed E-state index contributed by atoms with van der Waals surface area (Å²) in [5.74, 6) is 0.561. The van der Waals surface area contributed by atoms with E-state index in [-0.39, 0.29) is 18.1 Å². The number of methoxy groups -OCH3 is 1. The fourth-order valence-electron chi connectivity index (χ4n) is 1.56. The molecule has 0 spiro atoms. The number of rotatable bonds is 2. The fraction of sp³-hybridized carbons (Fsp3) is 0.273. The van der Waals surface area contributed by atoms with Gasteiger partial charge in [0.2, 0.25) is 5.91 Å². The highest BCUT2D eigenvalue weighted by atomic mass is 16.5. The van der Waals surface area contributed by atoms with Gasteiger partial charge in [-0.15, -0.1) is 0 Å². The number of carbonyl (C=O) groups excluding carboxylic acids is 1. The summed E-state index contributed by atoms with van der Waals surface area (Å²) in [4.78, 5) is 11.3. The maximum Gasteiger partial charge on any atom is 0.248 e. The first kappa shape index (κ1) is 10.5. The van der Waals surface area contributed by atoms with Crippen molar-refractivity contribution < 1.29 is 14.6 Å². The second-order valence-corrected chi connectivity index (χ2v) is 3.52. The average molecular weight is 220 g/mol. The Kier molecular flexibility index (Phi) is 2.52. The van der Waals surface area contributed by atoms with Gasteiger partial charge in [0, 0.05) is 18.7 Å². The summed E-state index contributed by atoms with van der Waals surface area (Å²) in [7, 11) is 3.12. The standard InChI is InChI=1S/C11H12N2O3/c1-13-11(15)6-9(12-13)8-4-3-7(16-2)5-10(8)14/h3-5,14H,6H2,1-2H3. The summed E-state index contributed by atoms with van der Waals surface area (Å²) in [6.07, 6.45) is 0.219. The largest absolute Gasteiger partial charge is 0.507 e. The summed E-state index contributed by atoms with van der Waals surface area (Å²) in [5.41, 5.74) is 1.14. The number of hydrazone groups is 1. The topological polar surface area (TPSA) is 62.1 Å². The normalized spacial score (nSPS) is 15.2. The molecule has 1 aliphatic heterocycles. The van der Waals surface area contributed by atoms with Crippen LogP contribution in [0.5, 0.6) is 11.5 Å². The number of hydrogen-bond donors (Lipinski definition) is 1. The second kappa shape index (κ2) is 3.84. The van der Waals surface area contributed by atoms with E-state index >= 15 is 0 Å². The predicted octanol–water partition coefficient (Wildman–Crippen LogP) is 0.967. The van der Waals surface area contributed by atoms with E-state index in [9.17, 15) is 9.90 Å². The summed E-state index contributed by atoms with van der Waals surface area (Å²) < 4.78 is 4.98. The summed E-state index contributed by atoms with van der Waals surface area (Å²) in [6.45, 7) is 0. The lowest BCUT2D eigenvalue weighted by Gasteiger charge is -2.05. The van der Waals surface area contributed by atoms with Crippen molar-refractivity contribution in [1.29, 1.82) is 0 Å². The molecule has 0 radical (unpaired) electrons. The molecule has 1 aliphatic rings. The van der Waals surface area contributed by atoms with E-state index in [1.54, 1.807) is 19.2 Å². The molecule has 0 unspecified atom stereocenters. The molecule has 2 rings (SSSR count). The van der Waals surface area contributed by atoms with Crippen LogP contribution in [0.2, 0.25) is 0 Å². The molecular weight excluding hydrogens is 208 g/mol. The molecule has 84 valence electrons. The maximum absolute atomic E-state index is 11.3. The van der Waals surface area contributed by atoms with Crippen LogP contribution in [-0.4, -0.2) is 35.9 Å². The Labute approximate surface area is 92.9 Å². The van der Waals surface area contributed by atoms with E-state index in [1.807, 2.05) is 0 Å². The molecule has 5 nitrogen and oxygen atoms in total. The Bertz CT molecular complexity index is 468. The average Bonchev–Trinajstić information content (AvgIpc) is 2.58. The molecule has 5 heteroatoms. The molecular formula is C11H12N2O3. The first-order valence-corrected chi connectivity index (χ1v) is 4.83. The minimum Gasteiger partial charge on any atom is -0.507 e. The Morgan fingerprint density at radius 3 is 2.75 bits per heavy atom. The number of nitrogens with zero attached hydrogens (tertiary/aromatic N) is 2. The summed E-state index contributed by atoms with van der Waals surface area (Å²) in [6, 6.07) is 4.92. The van der Waals surface area contributed by atoms with Crippen LogP contribution >= 0.6 is 0 Å². The number of phenols is 1. The Morgan fingerprint density at radius 1 is 1.50 bits per heavy atom. The van der Waals surface area contributed by atoms with Gasteiger partial charge < -0.3 is 9.84 Å². The minimum atomic E-state index is -0.0785. The fourth-order valence-corrected chi connectivity index (χ4v) is 1.56. The molecule has 1 aromatic carbocycles. The number of amides is 1. The third-order valence-electron chi connectivity index (χ3n) is 2.47. The van der Waals surface area contributed by atoms with Gasteiger partial charge in [0.1, 0.15) is 11.5 Å². The third-order valence-corrected chi connectivity index (χ3v) is 2.47. The Balaban J connectivity index is 2.35. The van der Waals surface area contributed by atoms with Crippen molar-refractivity contribution in [2.24, 2.45) is 5.10 Å². The molecule has 0 aliphatic carbocycles. The van der Waals surface area contributed by atoms with Crippen LogP contribution in [0.15, 0.2) is 23.3 Å². The lowest BCUT2D eigenvalue weighted by molar-refractivity contribution is -0.127. The van der Waals surface area contributed by atoms with Crippen LogP contribution in [0.25, 0.3) is 0 Å². The molecule has 0 saturated carbocycles. The molecule has 1 amide bonds. The molecule has 1 heterocycles. The molecule has 16 heavy (non-hydrogen) atoms. The monoisotopic (exact) mass is 220 g/mol. The van der Waals surface area contributed by atoms with Crippen LogP contribution < -0.4 is 4.74 Å². The van der Waals surface area contributed by atoms with Gasteiger partial charge in [-0.1, -0.05) is 0 Å². The number of benzene rings is 1. The van der Waals surface area contributed by atoms with Crippen LogP contribution in [0, 0.1) is 0 Å². The number of phenolic OH excluding ortho intramolecular Hbond substituents is 1. The quantitative estimate of drug-likeness (QED) is 0.807. The highest BCUT2D eigenvalue weighted by Gasteiger charge is 2.23. The first-order valence-electron chi connectivity index (χ1n) is 4.83. The van der Waals surface area contributed by atoms with E-state index in [1.165, 1.54) is 18.2 Å². The lowest BCUT2D eigenvalue weighted by Crippen LogP contribution is -2.14. The van der Waals surface area contributed by atoms with Gasteiger partial charge in [-0.05, 0) is 12.1 Å². The van der Waals surface area contributed by atoms with Gasteiger partial charge >= 0.3 is 0 Å². The minimum absolute atomic E-state index is 0.0706. The van der Waals surface area contributed by atoms with E-state index in [4.69, 9.17) is 4.74 Å². The zero-order valence-corrected chi connectivity index (χ0v) is 9.10. The summed E-state index contributed by atoms with van der Waals surface area (Å²) >= 11 is 0. The van der Waals surface area contributed by atoms with Gasteiger partial charge in [0.15, 0.2) is 0 Å². The van der Waals surface area contributed by atoms with Crippen molar-refractivity contribution in [3.63, 3.8) is 0 Å². The molecule has 0 bridgehead atoms.